The van der Waals surface area contributed by atoms with Gasteiger partial charge in [0.15, 0.2) is 0 Å². The first kappa shape index (κ1) is 13.8. The molecule has 0 bridgehead atoms. The first-order valence-electron chi connectivity index (χ1n) is 6.31. The van der Waals surface area contributed by atoms with Crippen molar-refractivity contribution >= 4 is 17.8 Å². The molecule has 2 amide bonds. The summed E-state index contributed by atoms with van der Waals surface area (Å²) in [5.41, 5.74) is -1.18. The molecule has 0 unspecified atom stereocenters. The van der Waals surface area contributed by atoms with E-state index in [4.69, 9.17) is 9.84 Å². The van der Waals surface area contributed by atoms with Crippen LogP contribution < -0.4 is 0 Å². The van der Waals surface area contributed by atoms with Gasteiger partial charge in [-0.15, -0.1) is 0 Å². The smallest absolute Gasteiger partial charge is 0.319 e. The minimum Gasteiger partial charge on any atom is -0.480 e. The third-order valence-corrected chi connectivity index (χ3v) is 3.76. The fourth-order valence-corrected chi connectivity index (χ4v) is 2.32. The third-order valence-electron chi connectivity index (χ3n) is 3.76. The van der Waals surface area contributed by atoms with Gasteiger partial charge in [0, 0.05) is 33.3 Å². The van der Waals surface area contributed by atoms with Crippen LogP contribution in [0, 0.1) is 5.41 Å². The Morgan fingerprint density at radius 3 is 2.05 bits per heavy atom. The number of carbonyl (C=O) groups is 3. The SMILES string of the molecule is COCC(=O)N1CCN(C(=O)C2(C(=O)O)CC2)CC1. The molecule has 1 N–H and O–H groups in total. The Morgan fingerprint density at radius 2 is 1.63 bits per heavy atom. The van der Waals surface area contributed by atoms with Crippen molar-refractivity contribution in [2.24, 2.45) is 5.41 Å². The van der Waals surface area contributed by atoms with Gasteiger partial charge in [-0.25, -0.2) is 0 Å². The molecule has 1 aliphatic carbocycles. The molecule has 2 fully saturated rings. The molecular weight excluding hydrogens is 252 g/mol. The molecule has 2 aliphatic rings. The molecule has 0 radical (unpaired) electrons. The zero-order valence-corrected chi connectivity index (χ0v) is 10.9. The van der Waals surface area contributed by atoms with Crippen LogP contribution in [-0.2, 0) is 19.1 Å². The summed E-state index contributed by atoms with van der Waals surface area (Å²) in [4.78, 5) is 38.0. The van der Waals surface area contributed by atoms with Crippen molar-refractivity contribution in [3.05, 3.63) is 0 Å². The van der Waals surface area contributed by atoms with E-state index in [2.05, 4.69) is 0 Å². The number of piperazine rings is 1. The minimum absolute atomic E-state index is 0.0347. The van der Waals surface area contributed by atoms with Gasteiger partial charge in [0.25, 0.3) is 0 Å². The van der Waals surface area contributed by atoms with Gasteiger partial charge < -0.3 is 19.6 Å². The number of carboxylic acid groups (broad SMARTS) is 1. The van der Waals surface area contributed by atoms with E-state index >= 15 is 0 Å². The van der Waals surface area contributed by atoms with Crippen LogP contribution in [0.5, 0.6) is 0 Å². The molecule has 106 valence electrons. The maximum Gasteiger partial charge on any atom is 0.319 e. The zero-order valence-electron chi connectivity index (χ0n) is 10.9. The van der Waals surface area contributed by atoms with Crippen LogP contribution in [0.25, 0.3) is 0 Å². The van der Waals surface area contributed by atoms with Gasteiger partial charge in [-0.3, -0.25) is 14.4 Å². The van der Waals surface area contributed by atoms with Crippen LogP contribution in [0.1, 0.15) is 12.8 Å². The van der Waals surface area contributed by atoms with Crippen molar-refractivity contribution in [2.75, 3.05) is 39.9 Å². The molecule has 1 saturated carbocycles. The summed E-state index contributed by atoms with van der Waals surface area (Å²) in [6, 6.07) is 0. The molecule has 1 heterocycles. The van der Waals surface area contributed by atoms with E-state index in [0.717, 1.165) is 0 Å². The second-order valence-corrected chi connectivity index (χ2v) is 4.99. The number of carboxylic acids is 1. The third kappa shape index (κ3) is 2.56. The molecule has 7 nitrogen and oxygen atoms in total. The highest BCUT2D eigenvalue weighted by molar-refractivity contribution is 6.04. The molecule has 0 atom stereocenters. The van der Waals surface area contributed by atoms with E-state index in [9.17, 15) is 14.4 Å². The highest BCUT2D eigenvalue weighted by Crippen LogP contribution is 2.47. The first-order chi connectivity index (χ1) is 9.01. The number of nitrogens with zero attached hydrogens (tertiary/aromatic N) is 2. The van der Waals surface area contributed by atoms with E-state index in [-0.39, 0.29) is 18.4 Å². The van der Waals surface area contributed by atoms with Gasteiger partial charge in [0.05, 0.1) is 0 Å². The molecule has 0 aromatic rings. The Balaban J connectivity index is 1.88. The van der Waals surface area contributed by atoms with Crippen molar-refractivity contribution in [1.82, 2.24) is 9.80 Å². The average molecular weight is 270 g/mol. The largest absolute Gasteiger partial charge is 0.480 e. The fraction of sp³-hybridized carbons (Fsp3) is 0.750. The Morgan fingerprint density at radius 1 is 1.11 bits per heavy atom. The van der Waals surface area contributed by atoms with Gasteiger partial charge in [-0.1, -0.05) is 0 Å². The van der Waals surface area contributed by atoms with E-state index in [1.807, 2.05) is 0 Å². The molecule has 0 aromatic carbocycles. The van der Waals surface area contributed by atoms with E-state index < -0.39 is 11.4 Å². The van der Waals surface area contributed by atoms with Crippen molar-refractivity contribution in [1.29, 1.82) is 0 Å². The Kier molecular flexibility index (Phi) is 3.75. The molecule has 19 heavy (non-hydrogen) atoms. The highest BCUT2D eigenvalue weighted by Gasteiger charge is 2.58. The lowest BCUT2D eigenvalue weighted by molar-refractivity contribution is -0.155. The molecular formula is C12H18N2O5. The number of hydrogen-bond donors (Lipinski definition) is 1. The summed E-state index contributed by atoms with van der Waals surface area (Å²) in [5.74, 6) is -1.44. The first-order valence-corrected chi connectivity index (χ1v) is 6.31. The number of rotatable bonds is 4. The van der Waals surface area contributed by atoms with Crippen molar-refractivity contribution < 1.29 is 24.2 Å². The number of ether oxygens (including phenoxy) is 1. The lowest BCUT2D eigenvalue weighted by atomic mass is 10.1. The normalized spacial score (nSPS) is 21.1. The van der Waals surface area contributed by atoms with Crippen molar-refractivity contribution in [3.63, 3.8) is 0 Å². The summed E-state index contributed by atoms with van der Waals surface area (Å²) in [5, 5.41) is 9.09. The zero-order chi connectivity index (χ0) is 14.0. The van der Waals surface area contributed by atoms with Crippen LogP contribution in [0.4, 0.5) is 0 Å². The summed E-state index contributed by atoms with van der Waals surface area (Å²) >= 11 is 0. The lowest BCUT2D eigenvalue weighted by Crippen LogP contribution is -2.53. The molecule has 0 spiro atoms. The Bertz CT molecular complexity index is 397. The predicted octanol–water partition coefficient (Wildman–Crippen LogP) is -0.832. The van der Waals surface area contributed by atoms with Crippen LogP contribution in [0.3, 0.4) is 0 Å². The second-order valence-electron chi connectivity index (χ2n) is 4.99. The number of carbonyl (C=O) groups excluding carboxylic acids is 2. The number of methoxy groups -OCH3 is 1. The Hall–Kier alpha value is -1.63. The average Bonchev–Trinajstić information content (AvgIpc) is 3.20. The van der Waals surface area contributed by atoms with E-state index in [1.54, 1.807) is 9.80 Å². The monoisotopic (exact) mass is 270 g/mol. The van der Waals surface area contributed by atoms with Crippen LogP contribution in [0.2, 0.25) is 0 Å². The van der Waals surface area contributed by atoms with Gasteiger partial charge >= 0.3 is 5.97 Å². The van der Waals surface area contributed by atoms with E-state index in [1.165, 1.54) is 7.11 Å². The summed E-state index contributed by atoms with van der Waals surface area (Å²) in [6.07, 6.45) is 0.841. The standard InChI is InChI=1S/C12H18N2O5/c1-19-8-9(15)13-4-6-14(7-5-13)10(16)12(2-3-12)11(17)18/h2-8H2,1H3,(H,17,18). The van der Waals surface area contributed by atoms with Crippen LogP contribution >= 0.6 is 0 Å². The van der Waals surface area contributed by atoms with Crippen LogP contribution in [-0.4, -0.2) is 72.6 Å². The molecule has 2 rings (SSSR count). The van der Waals surface area contributed by atoms with Gasteiger partial charge in [0.1, 0.15) is 12.0 Å². The fourth-order valence-electron chi connectivity index (χ4n) is 2.32. The van der Waals surface area contributed by atoms with E-state index in [0.29, 0.717) is 39.0 Å². The number of hydrogen-bond acceptors (Lipinski definition) is 4. The minimum atomic E-state index is -1.18. The van der Waals surface area contributed by atoms with Gasteiger partial charge in [-0.2, -0.15) is 0 Å². The molecule has 7 heteroatoms. The predicted molar refractivity (Wildman–Crippen MR) is 64.3 cm³/mol. The summed E-state index contributed by atoms with van der Waals surface area (Å²) < 4.78 is 4.78. The lowest BCUT2D eigenvalue weighted by Gasteiger charge is -2.35. The van der Waals surface area contributed by atoms with Crippen LogP contribution in [0.15, 0.2) is 0 Å². The Labute approximate surface area is 111 Å². The van der Waals surface area contributed by atoms with Gasteiger partial charge in [0.2, 0.25) is 11.8 Å². The highest BCUT2D eigenvalue weighted by atomic mass is 16.5. The van der Waals surface area contributed by atoms with Crippen molar-refractivity contribution in [2.45, 2.75) is 12.8 Å². The number of aliphatic carboxylic acids is 1. The second kappa shape index (κ2) is 5.16. The molecule has 1 saturated heterocycles. The number of amides is 2. The maximum absolute atomic E-state index is 12.1. The molecule has 0 aromatic heterocycles. The van der Waals surface area contributed by atoms with Gasteiger partial charge in [-0.05, 0) is 12.8 Å². The molecule has 1 aliphatic heterocycles. The maximum atomic E-state index is 12.1. The van der Waals surface area contributed by atoms with Crippen molar-refractivity contribution in [3.8, 4) is 0 Å². The summed E-state index contributed by atoms with van der Waals surface area (Å²) in [7, 11) is 1.46. The topological polar surface area (TPSA) is 87.2 Å². The quantitative estimate of drug-likeness (QED) is 0.674. The summed E-state index contributed by atoms with van der Waals surface area (Å²) in [6.45, 7) is 1.69.